The van der Waals surface area contributed by atoms with E-state index >= 15 is 0 Å². The highest BCUT2D eigenvalue weighted by Crippen LogP contribution is 2.38. The van der Waals surface area contributed by atoms with Crippen molar-refractivity contribution in [1.29, 1.82) is 0 Å². The van der Waals surface area contributed by atoms with Gasteiger partial charge in [0.25, 0.3) is 5.91 Å². The number of amides is 3. The van der Waals surface area contributed by atoms with Crippen molar-refractivity contribution in [2.45, 2.75) is 26.9 Å². The minimum atomic E-state index is -1.27. The van der Waals surface area contributed by atoms with Gasteiger partial charge in [-0.25, -0.2) is 9.69 Å². The molecule has 0 aromatic heterocycles. The molecule has 2 rings (SSSR count). The summed E-state index contributed by atoms with van der Waals surface area (Å²) >= 11 is 3.42. The van der Waals surface area contributed by atoms with Crippen LogP contribution < -0.4 is 14.8 Å². The molecule has 2 N–H and O–H groups in total. The molecule has 0 spiro atoms. The third kappa shape index (κ3) is 4.54. The van der Waals surface area contributed by atoms with E-state index in [1.807, 2.05) is 20.8 Å². The lowest BCUT2D eigenvalue weighted by Gasteiger charge is -2.17. The van der Waals surface area contributed by atoms with Crippen LogP contribution in [0.5, 0.6) is 11.5 Å². The second-order valence-corrected chi connectivity index (χ2v) is 6.56. The zero-order chi connectivity index (χ0) is 19.4. The molecule has 3 amide bonds. The van der Waals surface area contributed by atoms with Crippen LogP contribution in [0.1, 0.15) is 26.3 Å². The molecule has 0 bridgehead atoms. The average Bonchev–Trinajstić information content (AvgIpc) is 2.78. The maximum absolute atomic E-state index is 12.2. The lowest BCUT2D eigenvalue weighted by molar-refractivity contribution is -0.140. The van der Waals surface area contributed by atoms with Gasteiger partial charge < -0.3 is 19.9 Å². The number of aliphatic carboxylic acids is 1. The summed E-state index contributed by atoms with van der Waals surface area (Å²) in [6, 6.07) is 2.62. The van der Waals surface area contributed by atoms with E-state index in [0.717, 1.165) is 0 Å². The predicted molar refractivity (Wildman–Crippen MR) is 96.9 cm³/mol. The first kappa shape index (κ1) is 19.8. The monoisotopic (exact) mass is 426 g/mol. The Kier molecular flexibility index (Phi) is 6.25. The fourth-order valence-electron chi connectivity index (χ4n) is 2.30. The predicted octanol–water partition coefficient (Wildman–Crippen LogP) is 2.61. The van der Waals surface area contributed by atoms with Crippen molar-refractivity contribution in [2.75, 3.05) is 13.2 Å². The zero-order valence-electron chi connectivity index (χ0n) is 14.5. The van der Waals surface area contributed by atoms with Crippen LogP contribution in [-0.4, -0.2) is 47.2 Å². The van der Waals surface area contributed by atoms with Gasteiger partial charge in [0.05, 0.1) is 17.2 Å². The number of benzene rings is 1. The first-order valence-electron chi connectivity index (χ1n) is 7.92. The van der Waals surface area contributed by atoms with Gasteiger partial charge in [-0.2, -0.15) is 0 Å². The third-order valence-electron chi connectivity index (χ3n) is 3.25. The number of hydrogen-bond acceptors (Lipinski definition) is 5. The SMILES string of the molecule is CCOc1cc(/C=C2/NC(=O)N(CC(=O)O)C2=O)cc(Br)c1OC(C)C. The Balaban J connectivity index is 2.37. The maximum atomic E-state index is 12.2. The first-order chi connectivity index (χ1) is 12.2. The van der Waals surface area contributed by atoms with E-state index < -0.39 is 24.5 Å². The molecule has 9 heteroatoms. The van der Waals surface area contributed by atoms with Crippen molar-refractivity contribution in [3.8, 4) is 11.5 Å². The summed E-state index contributed by atoms with van der Waals surface area (Å²) in [5.41, 5.74) is 0.570. The summed E-state index contributed by atoms with van der Waals surface area (Å²) < 4.78 is 12.0. The van der Waals surface area contributed by atoms with Gasteiger partial charge in [-0.3, -0.25) is 9.59 Å². The van der Waals surface area contributed by atoms with Crippen LogP contribution in [0.2, 0.25) is 0 Å². The molecule has 0 saturated carbocycles. The molecule has 1 aromatic rings. The van der Waals surface area contributed by atoms with Crippen molar-refractivity contribution in [1.82, 2.24) is 10.2 Å². The number of carbonyl (C=O) groups is 3. The summed E-state index contributed by atoms with van der Waals surface area (Å²) in [4.78, 5) is 35.4. The van der Waals surface area contributed by atoms with Gasteiger partial charge in [0.1, 0.15) is 12.2 Å². The number of rotatable bonds is 7. The molecule has 0 radical (unpaired) electrons. The Morgan fingerprint density at radius 3 is 2.65 bits per heavy atom. The van der Waals surface area contributed by atoms with Crippen molar-refractivity contribution in [3.63, 3.8) is 0 Å². The van der Waals surface area contributed by atoms with Crippen LogP contribution in [0.3, 0.4) is 0 Å². The molecule has 1 aliphatic rings. The normalized spacial score (nSPS) is 15.6. The van der Waals surface area contributed by atoms with E-state index in [4.69, 9.17) is 14.6 Å². The van der Waals surface area contributed by atoms with Gasteiger partial charge in [-0.05, 0) is 60.5 Å². The van der Waals surface area contributed by atoms with Crippen LogP contribution in [0.25, 0.3) is 6.08 Å². The highest BCUT2D eigenvalue weighted by molar-refractivity contribution is 9.10. The lowest BCUT2D eigenvalue weighted by Crippen LogP contribution is -2.35. The highest BCUT2D eigenvalue weighted by Gasteiger charge is 2.34. The molecular weight excluding hydrogens is 408 g/mol. The Labute approximate surface area is 158 Å². The first-order valence-corrected chi connectivity index (χ1v) is 8.71. The van der Waals surface area contributed by atoms with Crippen molar-refractivity contribution in [2.24, 2.45) is 0 Å². The molecule has 1 aliphatic heterocycles. The molecule has 1 aromatic carbocycles. The fraction of sp³-hybridized carbons (Fsp3) is 0.353. The molecule has 1 fully saturated rings. The molecule has 0 aliphatic carbocycles. The number of carboxylic acids is 1. The van der Waals surface area contributed by atoms with E-state index in [2.05, 4.69) is 21.2 Å². The van der Waals surface area contributed by atoms with Gasteiger partial charge in [0, 0.05) is 0 Å². The topological polar surface area (TPSA) is 105 Å². The summed E-state index contributed by atoms with van der Waals surface area (Å²) in [6.07, 6.45) is 1.39. The number of urea groups is 1. The number of carbonyl (C=O) groups excluding carboxylic acids is 2. The van der Waals surface area contributed by atoms with Crippen LogP contribution >= 0.6 is 15.9 Å². The van der Waals surface area contributed by atoms with Crippen LogP contribution in [0.4, 0.5) is 4.79 Å². The number of ether oxygens (including phenoxy) is 2. The molecule has 1 saturated heterocycles. The van der Waals surface area contributed by atoms with Crippen LogP contribution in [0.15, 0.2) is 22.3 Å². The van der Waals surface area contributed by atoms with Crippen molar-refractivity contribution < 1.29 is 29.0 Å². The number of nitrogens with zero attached hydrogens (tertiary/aromatic N) is 1. The fourth-order valence-corrected chi connectivity index (χ4v) is 2.85. The van der Waals surface area contributed by atoms with Gasteiger partial charge in [-0.15, -0.1) is 0 Å². The van der Waals surface area contributed by atoms with Gasteiger partial charge in [0.2, 0.25) is 0 Å². The number of hydrogen-bond donors (Lipinski definition) is 2. The van der Waals surface area contributed by atoms with E-state index in [0.29, 0.717) is 33.0 Å². The summed E-state index contributed by atoms with van der Waals surface area (Å²) in [5, 5.41) is 11.2. The number of nitrogens with one attached hydrogen (secondary N) is 1. The zero-order valence-corrected chi connectivity index (χ0v) is 16.1. The smallest absolute Gasteiger partial charge is 0.329 e. The summed E-state index contributed by atoms with van der Waals surface area (Å²) in [5.74, 6) is -0.944. The Bertz CT molecular complexity index is 775. The molecule has 1 heterocycles. The number of halogens is 1. The minimum Gasteiger partial charge on any atom is -0.490 e. The summed E-state index contributed by atoms with van der Waals surface area (Å²) in [7, 11) is 0. The molecule has 8 nitrogen and oxygen atoms in total. The Morgan fingerprint density at radius 1 is 1.38 bits per heavy atom. The van der Waals surface area contributed by atoms with E-state index in [9.17, 15) is 14.4 Å². The standard InChI is InChI=1S/C17H19BrN2O6/c1-4-25-13-7-10(5-11(18)15(13)26-9(2)3)6-12-16(23)20(8-14(21)22)17(24)19-12/h5-7,9H,4,8H2,1-3H3,(H,19,24)(H,21,22)/b12-6+. The quantitative estimate of drug-likeness (QED) is 0.512. The Morgan fingerprint density at radius 2 is 2.08 bits per heavy atom. The van der Waals surface area contributed by atoms with E-state index in [1.54, 1.807) is 12.1 Å². The molecule has 26 heavy (non-hydrogen) atoms. The molecule has 0 unspecified atom stereocenters. The largest absolute Gasteiger partial charge is 0.490 e. The maximum Gasteiger partial charge on any atom is 0.329 e. The third-order valence-corrected chi connectivity index (χ3v) is 3.84. The molecule has 0 atom stereocenters. The minimum absolute atomic E-state index is 0.0110. The number of imide groups is 1. The van der Waals surface area contributed by atoms with E-state index in [-0.39, 0.29) is 11.8 Å². The highest BCUT2D eigenvalue weighted by atomic mass is 79.9. The molecular formula is C17H19BrN2O6. The van der Waals surface area contributed by atoms with Crippen molar-refractivity contribution in [3.05, 3.63) is 27.9 Å². The summed E-state index contributed by atoms with van der Waals surface area (Å²) in [6.45, 7) is 5.34. The van der Waals surface area contributed by atoms with Crippen molar-refractivity contribution >= 4 is 39.9 Å². The van der Waals surface area contributed by atoms with Crippen LogP contribution in [-0.2, 0) is 9.59 Å². The average molecular weight is 427 g/mol. The second-order valence-electron chi connectivity index (χ2n) is 5.70. The Hall–Kier alpha value is -2.55. The van der Waals surface area contributed by atoms with E-state index in [1.165, 1.54) is 6.08 Å². The van der Waals surface area contributed by atoms with Gasteiger partial charge in [-0.1, -0.05) is 0 Å². The molecule has 140 valence electrons. The van der Waals surface area contributed by atoms with Crippen LogP contribution in [0, 0.1) is 0 Å². The van der Waals surface area contributed by atoms with Gasteiger partial charge in [0.15, 0.2) is 11.5 Å². The number of carboxylic acid groups (broad SMARTS) is 1. The second kappa shape index (κ2) is 8.22. The van der Waals surface area contributed by atoms with Gasteiger partial charge >= 0.3 is 12.0 Å². The lowest BCUT2D eigenvalue weighted by atomic mass is 10.1.